The van der Waals surface area contributed by atoms with Gasteiger partial charge in [0.2, 0.25) is 0 Å². The van der Waals surface area contributed by atoms with E-state index in [4.69, 9.17) is 10.5 Å². The third kappa shape index (κ3) is 3.01. The average molecular weight is 304 g/mol. The molecule has 2 aromatic rings. The first-order chi connectivity index (χ1) is 10.3. The largest absolute Gasteiger partial charge is 0.382 e. The number of hydrogen-bond acceptors (Lipinski definition) is 6. The number of rotatable bonds is 4. The first kappa shape index (κ1) is 14.3. The molecule has 21 heavy (non-hydrogen) atoms. The second kappa shape index (κ2) is 6.41. The van der Waals surface area contributed by atoms with E-state index in [0.717, 1.165) is 48.7 Å². The molecule has 0 bridgehead atoms. The summed E-state index contributed by atoms with van der Waals surface area (Å²) >= 11 is 1.47. The summed E-state index contributed by atoms with van der Waals surface area (Å²) in [5, 5.41) is 1.13. The Hall–Kier alpha value is -1.66. The third-order valence-electron chi connectivity index (χ3n) is 3.72. The molecule has 2 aromatic heterocycles. The summed E-state index contributed by atoms with van der Waals surface area (Å²) in [4.78, 5) is 6.54. The van der Waals surface area contributed by atoms with E-state index >= 15 is 0 Å². The minimum atomic E-state index is 0.300. The van der Waals surface area contributed by atoms with Crippen LogP contribution < -0.4 is 10.6 Å². The highest BCUT2D eigenvalue weighted by Gasteiger charge is 2.25. The number of nitrogen functional groups attached to an aromatic ring is 1. The Morgan fingerprint density at radius 1 is 1.52 bits per heavy atom. The molecule has 2 N–H and O–H groups in total. The molecular formula is C15H20N4OS. The summed E-state index contributed by atoms with van der Waals surface area (Å²) < 4.78 is 10.1. The van der Waals surface area contributed by atoms with Crippen molar-refractivity contribution in [3.63, 3.8) is 0 Å². The monoisotopic (exact) mass is 304 g/mol. The van der Waals surface area contributed by atoms with E-state index in [-0.39, 0.29) is 0 Å². The van der Waals surface area contributed by atoms with Crippen LogP contribution >= 0.6 is 11.5 Å². The van der Waals surface area contributed by atoms with Crippen LogP contribution in [-0.4, -0.2) is 35.2 Å². The Morgan fingerprint density at radius 2 is 2.43 bits per heavy atom. The first-order valence-electron chi connectivity index (χ1n) is 7.31. The van der Waals surface area contributed by atoms with Crippen LogP contribution in [0, 0.1) is 0 Å². The zero-order chi connectivity index (χ0) is 14.7. The van der Waals surface area contributed by atoms with Gasteiger partial charge in [-0.05, 0) is 37.4 Å². The van der Waals surface area contributed by atoms with Crippen molar-refractivity contribution in [1.82, 2.24) is 9.36 Å². The fraction of sp³-hybridized carbons (Fsp3) is 0.467. The molecule has 0 aliphatic carbocycles. The van der Waals surface area contributed by atoms with Gasteiger partial charge in [-0.2, -0.15) is 4.37 Å². The van der Waals surface area contributed by atoms with Gasteiger partial charge in [0, 0.05) is 37.7 Å². The highest BCUT2D eigenvalue weighted by Crippen LogP contribution is 2.40. The standard InChI is InChI=1S/C15H20N4OS/c1-2-20-12-6-4-8-19(10-12)15-13(14(16)18-21-15)11-5-3-7-17-9-11/h3,5,7,9,12H,2,4,6,8,10H2,1H3,(H2,16,18). The molecule has 0 spiro atoms. The maximum Gasteiger partial charge on any atom is 0.147 e. The van der Waals surface area contributed by atoms with E-state index in [2.05, 4.69) is 14.3 Å². The zero-order valence-electron chi connectivity index (χ0n) is 12.2. The predicted octanol–water partition coefficient (Wildman–Crippen LogP) is 2.79. The smallest absolute Gasteiger partial charge is 0.147 e. The van der Waals surface area contributed by atoms with Crippen LogP contribution in [0.5, 0.6) is 0 Å². The van der Waals surface area contributed by atoms with Crippen molar-refractivity contribution in [2.45, 2.75) is 25.9 Å². The maximum absolute atomic E-state index is 6.09. The molecule has 1 aliphatic heterocycles. The van der Waals surface area contributed by atoms with Gasteiger partial charge in [-0.15, -0.1) is 0 Å². The second-order valence-electron chi connectivity index (χ2n) is 5.16. The summed E-state index contributed by atoms with van der Waals surface area (Å²) in [7, 11) is 0. The molecule has 3 heterocycles. The van der Waals surface area contributed by atoms with Crippen molar-refractivity contribution in [1.29, 1.82) is 0 Å². The molecule has 0 saturated carbocycles. The van der Waals surface area contributed by atoms with Crippen molar-refractivity contribution in [3.05, 3.63) is 24.5 Å². The fourth-order valence-electron chi connectivity index (χ4n) is 2.79. The molecule has 3 rings (SSSR count). The molecule has 1 fully saturated rings. The van der Waals surface area contributed by atoms with E-state index in [1.165, 1.54) is 11.5 Å². The van der Waals surface area contributed by atoms with Gasteiger partial charge in [-0.25, -0.2) is 0 Å². The summed E-state index contributed by atoms with van der Waals surface area (Å²) in [5.41, 5.74) is 8.12. The van der Waals surface area contributed by atoms with Crippen LogP contribution in [0.1, 0.15) is 19.8 Å². The Bertz CT molecular complexity index is 585. The van der Waals surface area contributed by atoms with Gasteiger partial charge in [-0.1, -0.05) is 6.07 Å². The normalized spacial score (nSPS) is 18.9. The van der Waals surface area contributed by atoms with Gasteiger partial charge in [0.25, 0.3) is 0 Å². The second-order valence-corrected chi connectivity index (χ2v) is 5.91. The number of ether oxygens (including phenoxy) is 1. The zero-order valence-corrected chi connectivity index (χ0v) is 13.0. The van der Waals surface area contributed by atoms with Crippen LogP contribution in [0.15, 0.2) is 24.5 Å². The van der Waals surface area contributed by atoms with E-state index in [1.807, 2.05) is 25.3 Å². The molecule has 112 valence electrons. The van der Waals surface area contributed by atoms with Crippen molar-refractivity contribution in [2.75, 3.05) is 30.3 Å². The lowest BCUT2D eigenvalue weighted by molar-refractivity contribution is 0.0528. The average Bonchev–Trinajstić information content (AvgIpc) is 2.90. The number of hydrogen-bond donors (Lipinski definition) is 1. The summed E-state index contributed by atoms with van der Waals surface area (Å²) in [6, 6.07) is 3.95. The molecule has 6 heteroatoms. The van der Waals surface area contributed by atoms with Crippen LogP contribution in [-0.2, 0) is 4.74 Å². The van der Waals surface area contributed by atoms with Crippen LogP contribution in [0.25, 0.3) is 11.1 Å². The number of pyridine rings is 1. The van der Waals surface area contributed by atoms with Gasteiger partial charge >= 0.3 is 0 Å². The Kier molecular flexibility index (Phi) is 4.36. The predicted molar refractivity (Wildman–Crippen MR) is 86.6 cm³/mol. The van der Waals surface area contributed by atoms with Gasteiger partial charge < -0.3 is 15.4 Å². The SMILES string of the molecule is CCOC1CCCN(c2snc(N)c2-c2cccnc2)C1. The molecule has 0 amide bonds. The van der Waals surface area contributed by atoms with Crippen LogP contribution in [0.4, 0.5) is 10.8 Å². The quantitative estimate of drug-likeness (QED) is 0.941. The first-order valence-corrected chi connectivity index (χ1v) is 8.09. The van der Waals surface area contributed by atoms with Gasteiger partial charge in [-0.3, -0.25) is 4.98 Å². The van der Waals surface area contributed by atoms with E-state index in [1.54, 1.807) is 6.20 Å². The minimum absolute atomic E-state index is 0.300. The lowest BCUT2D eigenvalue weighted by Gasteiger charge is -2.33. The highest BCUT2D eigenvalue weighted by atomic mass is 32.1. The molecule has 0 radical (unpaired) electrons. The van der Waals surface area contributed by atoms with Crippen LogP contribution in [0.2, 0.25) is 0 Å². The Labute approximate surface area is 128 Å². The number of piperidine rings is 1. The van der Waals surface area contributed by atoms with Gasteiger partial charge in [0.1, 0.15) is 10.8 Å². The van der Waals surface area contributed by atoms with Crippen molar-refractivity contribution < 1.29 is 4.74 Å². The number of anilines is 2. The molecule has 5 nitrogen and oxygen atoms in total. The van der Waals surface area contributed by atoms with E-state index in [9.17, 15) is 0 Å². The topological polar surface area (TPSA) is 64.3 Å². The highest BCUT2D eigenvalue weighted by molar-refractivity contribution is 7.11. The van der Waals surface area contributed by atoms with Crippen molar-refractivity contribution in [3.8, 4) is 11.1 Å². The molecule has 1 saturated heterocycles. The molecule has 1 aliphatic rings. The molecule has 0 aromatic carbocycles. The number of nitrogens with two attached hydrogens (primary N) is 1. The summed E-state index contributed by atoms with van der Waals surface area (Å²) in [6.07, 6.45) is 6.17. The summed E-state index contributed by atoms with van der Waals surface area (Å²) in [6.45, 7) is 4.74. The third-order valence-corrected chi connectivity index (χ3v) is 4.64. The van der Waals surface area contributed by atoms with Gasteiger partial charge in [0.05, 0.1) is 11.7 Å². The minimum Gasteiger partial charge on any atom is -0.382 e. The number of nitrogens with zero attached hydrogens (tertiary/aromatic N) is 3. The van der Waals surface area contributed by atoms with Crippen molar-refractivity contribution >= 4 is 22.4 Å². The Morgan fingerprint density at radius 3 is 3.19 bits per heavy atom. The summed E-state index contributed by atoms with van der Waals surface area (Å²) in [5.74, 6) is 0.585. The van der Waals surface area contributed by atoms with E-state index < -0.39 is 0 Å². The van der Waals surface area contributed by atoms with Gasteiger partial charge in [0.15, 0.2) is 0 Å². The lowest BCUT2D eigenvalue weighted by Crippen LogP contribution is -2.39. The maximum atomic E-state index is 6.09. The Balaban J connectivity index is 1.89. The van der Waals surface area contributed by atoms with Crippen molar-refractivity contribution in [2.24, 2.45) is 0 Å². The molecule has 1 unspecified atom stereocenters. The van der Waals surface area contributed by atoms with E-state index in [0.29, 0.717) is 11.9 Å². The molecular weight excluding hydrogens is 284 g/mol. The number of aromatic nitrogens is 2. The fourth-order valence-corrected chi connectivity index (χ4v) is 3.66. The molecule has 1 atom stereocenters. The lowest BCUT2D eigenvalue weighted by atomic mass is 10.1. The van der Waals surface area contributed by atoms with Crippen LogP contribution in [0.3, 0.4) is 0 Å².